The summed E-state index contributed by atoms with van der Waals surface area (Å²) in [6.07, 6.45) is 0. The van der Waals surface area contributed by atoms with Crippen molar-refractivity contribution >= 4 is 41.4 Å². The number of amides is 1. The van der Waals surface area contributed by atoms with Gasteiger partial charge in [-0.15, -0.1) is 0 Å². The topological polar surface area (TPSA) is 117 Å². The number of anilines is 3. The summed E-state index contributed by atoms with van der Waals surface area (Å²) in [7, 11) is -1.88. The highest BCUT2D eigenvalue weighted by molar-refractivity contribution is 7.71. The summed E-state index contributed by atoms with van der Waals surface area (Å²) in [6.45, 7) is 7.60. The number of carbonyl (C=O) groups is 1. The molecule has 1 amide bonds. The molecule has 41 heavy (non-hydrogen) atoms. The predicted molar refractivity (Wildman–Crippen MR) is 158 cm³/mol. The van der Waals surface area contributed by atoms with Crippen LogP contribution in [0.25, 0.3) is 0 Å². The zero-order valence-corrected chi connectivity index (χ0v) is 24.3. The van der Waals surface area contributed by atoms with E-state index < -0.39 is 24.1 Å². The van der Waals surface area contributed by atoms with E-state index in [0.717, 1.165) is 11.3 Å². The molecule has 3 aromatic rings. The quantitative estimate of drug-likeness (QED) is 0.218. The summed E-state index contributed by atoms with van der Waals surface area (Å²) in [6, 6.07) is 15.0. The number of ether oxygens (including phenoxy) is 1. The predicted octanol–water partition coefficient (Wildman–Crippen LogP) is 5.36. The van der Waals surface area contributed by atoms with E-state index in [-0.39, 0.29) is 28.4 Å². The van der Waals surface area contributed by atoms with Crippen LogP contribution in [0.3, 0.4) is 0 Å². The Morgan fingerprint density at radius 1 is 1.10 bits per heavy atom. The van der Waals surface area contributed by atoms with Gasteiger partial charge in [-0.05, 0) is 55.0 Å². The third-order valence-corrected chi connectivity index (χ3v) is 11.0. The first-order valence-electron chi connectivity index (χ1n) is 13.4. The smallest absolute Gasteiger partial charge is 0.292 e. The first-order valence-corrected chi connectivity index (χ1v) is 15.0. The molecule has 0 aromatic heterocycles. The van der Waals surface area contributed by atoms with Gasteiger partial charge in [0.05, 0.1) is 29.1 Å². The average Bonchev–Trinajstić information content (AvgIpc) is 3.12. The van der Waals surface area contributed by atoms with Crippen molar-refractivity contribution in [3.8, 4) is 0 Å². The monoisotopic (exact) mass is 581 g/mol. The van der Waals surface area contributed by atoms with Crippen LogP contribution in [0.5, 0.6) is 0 Å². The van der Waals surface area contributed by atoms with Crippen LogP contribution in [0, 0.1) is 15.9 Å². The molecule has 10 nitrogen and oxygen atoms in total. The van der Waals surface area contributed by atoms with E-state index in [2.05, 4.69) is 36.1 Å². The largest absolute Gasteiger partial charge is 0.379 e. The minimum Gasteiger partial charge on any atom is -0.379 e. The second-order valence-electron chi connectivity index (χ2n) is 10.9. The fourth-order valence-electron chi connectivity index (χ4n) is 5.46. The molecule has 1 fully saturated rings. The van der Waals surface area contributed by atoms with Gasteiger partial charge in [0.15, 0.2) is 0 Å². The number of fused-ring (bicyclic) bond motifs is 1. The van der Waals surface area contributed by atoms with Crippen molar-refractivity contribution in [1.29, 1.82) is 0 Å². The Morgan fingerprint density at radius 3 is 2.41 bits per heavy atom. The number of benzene rings is 3. The summed E-state index contributed by atoms with van der Waals surface area (Å²) in [5.41, 5.74) is 1.91. The molecule has 0 aliphatic carbocycles. The number of nitro benzene ring substituents is 1. The number of nitrogens with zero attached hydrogens (tertiary/aromatic N) is 3. The van der Waals surface area contributed by atoms with Gasteiger partial charge in [0, 0.05) is 48.9 Å². The highest BCUT2D eigenvalue weighted by atomic mass is 31.2. The molecule has 216 valence electrons. The number of likely N-dealkylation sites (N-methyl/N-ethyl adjacent to an activating group) is 1. The summed E-state index contributed by atoms with van der Waals surface area (Å²) in [4.78, 5) is 26.8. The molecule has 12 heteroatoms. The Balaban J connectivity index is 1.71. The summed E-state index contributed by atoms with van der Waals surface area (Å²) < 4.78 is 36.2. The molecule has 0 bridgehead atoms. The van der Waals surface area contributed by atoms with E-state index in [0.29, 0.717) is 37.3 Å². The van der Waals surface area contributed by atoms with Crippen molar-refractivity contribution in [1.82, 2.24) is 4.67 Å². The zero-order valence-electron chi connectivity index (χ0n) is 23.4. The molecular formula is C29H33FN5O5P. The van der Waals surface area contributed by atoms with E-state index in [1.165, 1.54) is 36.4 Å². The van der Waals surface area contributed by atoms with Gasteiger partial charge in [0.1, 0.15) is 11.5 Å². The minimum atomic E-state index is -3.85. The van der Waals surface area contributed by atoms with Gasteiger partial charge in [0.25, 0.3) is 19.0 Å². The first kappa shape index (κ1) is 28.7. The zero-order chi connectivity index (χ0) is 29.5. The number of halogens is 1. The van der Waals surface area contributed by atoms with E-state index in [4.69, 9.17) is 4.74 Å². The molecule has 2 aliphatic rings. The van der Waals surface area contributed by atoms with Crippen LogP contribution in [0.2, 0.25) is 0 Å². The van der Waals surface area contributed by atoms with Gasteiger partial charge < -0.3 is 20.0 Å². The van der Waals surface area contributed by atoms with Crippen molar-refractivity contribution in [2.45, 2.75) is 32.2 Å². The van der Waals surface area contributed by atoms with Gasteiger partial charge >= 0.3 is 0 Å². The summed E-state index contributed by atoms with van der Waals surface area (Å²) in [5, 5.41) is 18.2. The van der Waals surface area contributed by atoms with Gasteiger partial charge in [0.2, 0.25) is 0 Å². The Morgan fingerprint density at radius 2 is 1.76 bits per heavy atom. The number of hydrogen-bond acceptors (Lipinski definition) is 6. The van der Waals surface area contributed by atoms with E-state index >= 15 is 4.57 Å². The van der Waals surface area contributed by atoms with Crippen LogP contribution in [-0.4, -0.2) is 54.9 Å². The lowest BCUT2D eigenvalue weighted by Crippen LogP contribution is -2.40. The van der Waals surface area contributed by atoms with Crippen LogP contribution in [0.1, 0.15) is 36.7 Å². The van der Waals surface area contributed by atoms with Crippen molar-refractivity contribution in [2.24, 2.45) is 0 Å². The Bertz CT molecular complexity index is 1540. The minimum absolute atomic E-state index is 0.0966. The number of rotatable bonds is 7. The summed E-state index contributed by atoms with van der Waals surface area (Å²) in [5.74, 6) is -0.971. The van der Waals surface area contributed by atoms with Gasteiger partial charge in [-0.1, -0.05) is 26.0 Å². The maximum absolute atomic E-state index is 15.4. The number of morpholine rings is 1. The third kappa shape index (κ3) is 5.21. The number of nitro groups is 1. The molecular weight excluding hydrogens is 548 g/mol. The fourth-order valence-corrected chi connectivity index (χ4v) is 8.02. The van der Waals surface area contributed by atoms with Crippen LogP contribution < -0.4 is 20.6 Å². The molecule has 0 saturated carbocycles. The number of nitrogens with one attached hydrogen (secondary N) is 2. The second kappa shape index (κ2) is 10.9. The molecule has 0 radical (unpaired) electrons. The van der Waals surface area contributed by atoms with Gasteiger partial charge in [-0.25, -0.2) is 9.06 Å². The van der Waals surface area contributed by atoms with Crippen molar-refractivity contribution in [3.05, 3.63) is 87.7 Å². The maximum atomic E-state index is 15.4. The molecule has 1 saturated heterocycles. The SMILES string of the molecule is C[C@H]1N(C)c2cc(NC(=O)c3ccc(F)cc3)c([P@@](=O)(Nc3ccccc3[N+](=O)[O-])N3CCOCC3)cc2C1(C)C. The fraction of sp³-hybridized carbons (Fsp3) is 0.345. The molecule has 2 heterocycles. The number of para-hydroxylation sites is 2. The number of hydrogen-bond donors (Lipinski definition) is 2. The van der Waals surface area contributed by atoms with E-state index in [1.54, 1.807) is 16.8 Å². The molecule has 0 spiro atoms. The van der Waals surface area contributed by atoms with Crippen molar-refractivity contribution in [3.63, 3.8) is 0 Å². The average molecular weight is 582 g/mol. The Kier molecular flexibility index (Phi) is 7.63. The second-order valence-corrected chi connectivity index (χ2v) is 13.3. The first-order chi connectivity index (χ1) is 19.4. The highest BCUT2D eigenvalue weighted by Gasteiger charge is 2.44. The Hall–Kier alpha value is -3.79. The van der Waals surface area contributed by atoms with Crippen molar-refractivity contribution < 1.29 is 23.4 Å². The molecule has 2 N–H and O–H groups in total. The standard InChI is InChI=1S/C29H33FN5O5P/c1-19-29(2,3)22-17-27(24(18-26(22)33(19)4)31-28(36)20-9-11-21(30)12-10-20)41(39,34-13-15-40-16-14-34)32-23-7-5-6-8-25(23)35(37)38/h5-12,17-19H,13-16H2,1-4H3,(H,31,36)(H,32,39)/t19-,41-/m1/s1. The number of carbonyl (C=O) groups excluding carboxylic acids is 1. The summed E-state index contributed by atoms with van der Waals surface area (Å²) >= 11 is 0. The third-order valence-electron chi connectivity index (χ3n) is 8.25. The molecule has 5 rings (SSSR count). The van der Waals surface area contributed by atoms with Crippen LogP contribution >= 0.6 is 7.44 Å². The molecule has 0 unspecified atom stereocenters. The lowest BCUT2D eigenvalue weighted by molar-refractivity contribution is -0.383. The highest BCUT2D eigenvalue weighted by Crippen LogP contribution is 2.54. The maximum Gasteiger partial charge on any atom is 0.292 e. The van der Waals surface area contributed by atoms with Crippen LogP contribution in [0.4, 0.5) is 27.1 Å². The Labute approximate surface area is 238 Å². The molecule has 3 aromatic carbocycles. The van der Waals surface area contributed by atoms with Crippen LogP contribution in [-0.2, 0) is 14.7 Å². The van der Waals surface area contributed by atoms with E-state index in [9.17, 15) is 19.3 Å². The van der Waals surface area contributed by atoms with Crippen molar-refractivity contribution in [2.75, 3.05) is 48.7 Å². The lowest BCUT2D eigenvalue weighted by atomic mass is 9.81. The van der Waals surface area contributed by atoms with Gasteiger partial charge in [-0.3, -0.25) is 19.5 Å². The normalized spacial score (nSPS) is 19.7. The molecule has 2 aliphatic heterocycles. The van der Waals surface area contributed by atoms with Gasteiger partial charge in [-0.2, -0.15) is 0 Å². The van der Waals surface area contributed by atoms with Crippen LogP contribution in [0.15, 0.2) is 60.7 Å². The molecule has 2 atom stereocenters. The lowest BCUT2D eigenvalue weighted by Gasteiger charge is -2.36. The van der Waals surface area contributed by atoms with E-state index in [1.807, 2.05) is 19.2 Å².